The molecule has 4 aromatic rings. The smallest absolute Gasteiger partial charge is 0.234 e. The summed E-state index contributed by atoms with van der Waals surface area (Å²) in [5, 5.41) is 12.2. The van der Waals surface area contributed by atoms with Gasteiger partial charge in [-0.3, -0.25) is 14.3 Å². The molecular weight excluding hydrogens is 546 g/mol. The molecule has 0 radical (unpaired) electrons. The third-order valence-corrected chi connectivity index (χ3v) is 6.53. The van der Waals surface area contributed by atoms with E-state index in [9.17, 15) is 4.79 Å². The third-order valence-electron chi connectivity index (χ3n) is 4.31. The molecule has 158 valence electrons. The number of halogens is 2. The van der Waals surface area contributed by atoms with Crippen LogP contribution in [0.5, 0.6) is 0 Å². The fourth-order valence-corrected chi connectivity index (χ4v) is 5.28. The van der Waals surface area contributed by atoms with Gasteiger partial charge in [0.15, 0.2) is 11.0 Å². The summed E-state index contributed by atoms with van der Waals surface area (Å²) in [6.07, 6.45) is 5.06. The van der Waals surface area contributed by atoms with Crippen LogP contribution in [-0.2, 0) is 11.3 Å². The van der Waals surface area contributed by atoms with Gasteiger partial charge in [0.1, 0.15) is 5.76 Å². The Bertz CT molecular complexity index is 1170. The molecule has 1 amide bonds. The summed E-state index contributed by atoms with van der Waals surface area (Å²) in [5.74, 6) is 1.46. The van der Waals surface area contributed by atoms with Gasteiger partial charge < -0.3 is 9.73 Å². The van der Waals surface area contributed by atoms with E-state index in [1.54, 1.807) is 18.7 Å². The van der Waals surface area contributed by atoms with Crippen molar-refractivity contribution in [1.82, 2.24) is 19.7 Å². The standard InChI is InChI=1S/C21H17Br2N5O2S/c1-13-8-16(22)19(17(23)9-13)25-18(29)12-31-21-27-26-20(14-4-2-6-24-10-14)28(21)11-15-5-3-7-30-15/h2-10H,11-12H2,1H3,(H,25,29). The lowest BCUT2D eigenvalue weighted by Gasteiger charge is -2.11. The minimum Gasteiger partial charge on any atom is -0.467 e. The van der Waals surface area contributed by atoms with E-state index < -0.39 is 0 Å². The molecule has 0 spiro atoms. The summed E-state index contributed by atoms with van der Waals surface area (Å²) < 4.78 is 9.06. The first kappa shape index (κ1) is 21.8. The van der Waals surface area contributed by atoms with E-state index in [1.165, 1.54) is 11.8 Å². The van der Waals surface area contributed by atoms with Crippen molar-refractivity contribution in [3.8, 4) is 11.4 Å². The number of aryl methyl sites for hydroxylation is 1. The molecule has 1 aromatic carbocycles. The Morgan fingerprint density at radius 2 is 2.00 bits per heavy atom. The second-order valence-electron chi connectivity index (χ2n) is 6.65. The highest BCUT2D eigenvalue weighted by Gasteiger charge is 2.18. The first-order valence-corrected chi connectivity index (χ1v) is 11.8. The van der Waals surface area contributed by atoms with E-state index in [0.717, 1.165) is 25.8 Å². The Balaban J connectivity index is 1.53. The van der Waals surface area contributed by atoms with E-state index >= 15 is 0 Å². The minimum atomic E-state index is -0.147. The highest BCUT2D eigenvalue weighted by atomic mass is 79.9. The maximum Gasteiger partial charge on any atom is 0.234 e. The van der Waals surface area contributed by atoms with Crippen molar-refractivity contribution >= 4 is 55.2 Å². The van der Waals surface area contributed by atoms with Crippen molar-refractivity contribution in [2.75, 3.05) is 11.1 Å². The number of anilines is 1. The Labute approximate surface area is 199 Å². The molecule has 0 saturated heterocycles. The molecule has 7 nitrogen and oxygen atoms in total. The fraction of sp³-hybridized carbons (Fsp3) is 0.143. The summed E-state index contributed by atoms with van der Waals surface area (Å²) in [5.41, 5.74) is 2.62. The van der Waals surface area contributed by atoms with Crippen LogP contribution in [-0.4, -0.2) is 31.4 Å². The van der Waals surface area contributed by atoms with Crippen LogP contribution in [0.25, 0.3) is 11.4 Å². The highest BCUT2D eigenvalue weighted by molar-refractivity contribution is 9.11. The van der Waals surface area contributed by atoms with Crippen LogP contribution in [0.4, 0.5) is 5.69 Å². The summed E-state index contributed by atoms with van der Waals surface area (Å²) >= 11 is 8.32. The van der Waals surface area contributed by atoms with E-state index in [0.29, 0.717) is 23.2 Å². The SMILES string of the molecule is Cc1cc(Br)c(NC(=O)CSc2nnc(-c3cccnc3)n2Cc2ccco2)c(Br)c1. The zero-order valence-electron chi connectivity index (χ0n) is 16.4. The van der Waals surface area contributed by atoms with Gasteiger partial charge in [0.05, 0.1) is 24.2 Å². The lowest BCUT2D eigenvalue weighted by molar-refractivity contribution is -0.113. The third kappa shape index (κ3) is 5.25. The molecular formula is C21H17Br2N5O2S. The van der Waals surface area contributed by atoms with Crippen LogP contribution in [0.3, 0.4) is 0 Å². The van der Waals surface area contributed by atoms with Gasteiger partial charge >= 0.3 is 0 Å². The molecule has 0 aliphatic rings. The zero-order valence-corrected chi connectivity index (χ0v) is 20.4. The summed E-state index contributed by atoms with van der Waals surface area (Å²) in [6, 6.07) is 11.4. The summed E-state index contributed by atoms with van der Waals surface area (Å²) in [4.78, 5) is 16.8. The van der Waals surface area contributed by atoms with Gasteiger partial charge in [0.2, 0.25) is 5.91 Å². The fourth-order valence-electron chi connectivity index (χ4n) is 2.93. The number of nitrogens with one attached hydrogen (secondary N) is 1. The number of pyridine rings is 1. The van der Waals surface area contributed by atoms with Crippen molar-refractivity contribution in [1.29, 1.82) is 0 Å². The van der Waals surface area contributed by atoms with E-state index in [2.05, 4.69) is 52.4 Å². The summed E-state index contributed by atoms with van der Waals surface area (Å²) in [7, 11) is 0. The Morgan fingerprint density at radius 1 is 1.19 bits per heavy atom. The van der Waals surface area contributed by atoms with Crippen LogP contribution >= 0.6 is 43.6 Å². The number of carbonyl (C=O) groups is 1. The van der Waals surface area contributed by atoms with Crippen molar-refractivity contribution in [2.24, 2.45) is 0 Å². The van der Waals surface area contributed by atoms with Gasteiger partial charge in [-0.25, -0.2) is 0 Å². The van der Waals surface area contributed by atoms with Crippen LogP contribution in [0.2, 0.25) is 0 Å². The average Bonchev–Trinajstić information content (AvgIpc) is 3.40. The average molecular weight is 563 g/mol. The molecule has 0 bridgehead atoms. The molecule has 1 N–H and O–H groups in total. The minimum absolute atomic E-state index is 0.147. The Kier molecular flexibility index (Phi) is 6.89. The van der Waals surface area contributed by atoms with Gasteiger partial charge in [0.25, 0.3) is 0 Å². The quantitative estimate of drug-likeness (QED) is 0.297. The molecule has 0 atom stereocenters. The predicted molar refractivity (Wildman–Crippen MR) is 127 cm³/mol. The van der Waals surface area contributed by atoms with Crippen LogP contribution in [0.15, 0.2) is 73.6 Å². The number of furan rings is 1. The lowest BCUT2D eigenvalue weighted by Crippen LogP contribution is -2.15. The largest absolute Gasteiger partial charge is 0.467 e. The van der Waals surface area contributed by atoms with Crippen LogP contribution < -0.4 is 5.32 Å². The number of hydrogen-bond acceptors (Lipinski definition) is 6. The van der Waals surface area contributed by atoms with Crippen molar-refractivity contribution in [3.63, 3.8) is 0 Å². The maximum atomic E-state index is 12.6. The van der Waals surface area contributed by atoms with Gasteiger partial charge in [-0.2, -0.15) is 0 Å². The zero-order chi connectivity index (χ0) is 21.8. The van der Waals surface area contributed by atoms with Crippen molar-refractivity contribution < 1.29 is 9.21 Å². The first-order chi connectivity index (χ1) is 15.0. The maximum absolute atomic E-state index is 12.6. The predicted octanol–water partition coefficient (Wildman–Crippen LogP) is 5.55. The van der Waals surface area contributed by atoms with Gasteiger partial charge in [-0.1, -0.05) is 11.8 Å². The number of hydrogen-bond donors (Lipinski definition) is 1. The second kappa shape index (κ2) is 9.80. The number of aromatic nitrogens is 4. The Hall–Kier alpha value is -2.43. The second-order valence-corrected chi connectivity index (χ2v) is 9.30. The van der Waals surface area contributed by atoms with Gasteiger partial charge in [-0.15, -0.1) is 10.2 Å². The molecule has 0 saturated carbocycles. The molecule has 3 aromatic heterocycles. The van der Waals surface area contributed by atoms with E-state index in [4.69, 9.17) is 4.42 Å². The highest BCUT2D eigenvalue weighted by Crippen LogP contribution is 2.33. The molecule has 10 heteroatoms. The number of nitrogens with zero attached hydrogens (tertiary/aromatic N) is 4. The number of benzene rings is 1. The Morgan fingerprint density at radius 3 is 2.68 bits per heavy atom. The molecule has 0 aliphatic carbocycles. The summed E-state index contributed by atoms with van der Waals surface area (Å²) in [6.45, 7) is 2.44. The van der Waals surface area contributed by atoms with Crippen molar-refractivity contribution in [2.45, 2.75) is 18.6 Å². The van der Waals surface area contributed by atoms with Crippen LogP contribution in [0, 0.1) is 6.92 Å². The molecule has 0 unspecified atom stereocenters. The monoisotopic (exact) mass is 561 g/mol. The first-order valence-electron chi connectivity index (χ1n) is 9.25. The number of rotatable bonds is 7. The molecule has 3 heterocycles. The van der Waals surface area contributed by atoms with Gasteiger partial charge in [-0.05, 0) is 80.7 Å². The number of thioether (sulfide) groups is 1. The molecule has 0 fully saturated rings. The topological polar surface area (TPSA) is 85.8 Å². The molecule has 4 rings (SSSR count). The number of amides is 1. The van der Waals surface area contributed by atoms with Crippen molar-refractivity contribution in [3.05, 3.63) is 75.3 Å². The van der Waals surface area contributed by atoms with Gasteiger partial charge in [0, 0.05) is 26.9 Å². The van der Waals surface area contributed by atoms with Crippen LogP contribution in [0.1, 0.15) is 11.3 Å². The molecule has 0 aliphatic heterocycles. The lowest BCUT2D eigenvalue weighted by atomic mass is 10.2. The number of carbonyl (C=O) groups excluding carboxylic acids is 1. The molecule has 31 heavy (non-hydrogen) atoms. The van der Waals surface area contributed by atoms with E-state index in [-0.39, 0.29) is 11.7 Å². The normalized spacial score (nSPS) is 10.9. The van der Waals surface area contributed by atoms with E-state index in [1.807, 2.05) is 47.9 Å².